The summed E-state index contributed by atoms with van der Waals surface area (Å²) in [5.41, 5.74) is 9.97. The fraction of sp³-hybridized carbons (Fsp3) is 0.0357. The topological polar surface area (TPSA) is 95.3 Å². The van der Waals surface area contributed by atoms with Gasteiger partial charge in [-0.25, -0.2) is 15.0 Å². The van der Waals surface area contributed by atoms with Crippen LogP contribution in [0.15, 0.2) is 85.2 Å². The molecular formula is C28H20N6O. The molecule has 35 heavy (non-hydrogen) atoms. The SMILES string of the molecule is COc1ccc(-c2ccc3nc(-c4ccc5nc(-c6ccc7nc[nH]c7c6)[nH]c5c4)[nH]c3c2)cc1. The molecule has 0 aliphatic heterocycles. The van der Waals surface area contributed by atoms with Gasteiger partial charge in [0.05, 0.1) is 46.5 Å². The Balaban J connectivity index is 1.24. The highest BCUT2D eigenvalue weighted by atomic mass is 16.5. The van der Waals surface area contributed by atoms with Crippen LogP contribution in [0.2, 0.25) is 0 Å². The summed E-state index contributed by atoms with van der Waals surface area (Å²) in [6.07, 6.45) is 1.70. The van der Waals surface area contributed by atoms with Gasteiger partial charge in [0.1, 0.15) is 17.4 Å². The van der Waals surface area contributed by atoms with E-state index in [1.165, 1.54) is 0 Å². The molecular weight excluding hydrogens is 436 g/mol. The molecule has 168 valence electrons. The van der Waals surface area contributed by atoms with Crippen molar-refractivity contribution in [3.8, 4) is 39.7 Å². The lowest BCUT2D eigenvalue weighted by Crippen LogP contribution is -1.83. The standard InChI is InChI=1S/C28H20N6O/c1-35-20-7-2-16(3-8-20)17-4-10-22-25(12-17)33-28(31-22)19-6-11-23-26(14-19)34-27(32-23)18-5-9-21-24(13-18)30-15-29-21/h2-15H,1H3,(H,29,30)(H,31,33)(H,32,34). The second kappa shape index (κ2) is 7.56. The minimum absolute atomic E-state index is 0.822. The molecule has 3 N–H and O–H groups in total. The maximum absolute atomic E-state index is 5.27. The molecule has 7 heteroatoms. The molecule has 3 heterocycles. The van der Waals surface area contributed by atoms with Crippen LogP contribution in [0.1, 0.15) is 0 Å². The number of hydrogen-bond acceptors (Lipinski definition) is 4. The summed E-state index contributed by atoms with van der Waals surface area (Å²) < 4.78 is 5.27. The predicted molar refractivity (Wildman–Crippen MR) is 138 cm³/mol. The number of ether oxygens (including phenoxy) is 1. The van der Waals surface area contributed by atoms with E-state index in [4.69, 9.17) is 14.7 Å². The molecule has 7 nitrogen and oxygen atoms in total. The first-order valence-electron chi connectivity index (χ1n) is 11.3. The van der Waals surface area contributed by atoms with E-state index in [1.807, 2.05) is 42.5 Å². The maximum Gasteiger partial charge on any atom is 0.138 e. The molecule has 4 aromatic carbocycles. The minimum Gasteiger partial charge on any atom is -0.497 e. The lowest BCUT2D eigenvalue weighted by Gasteiger charge is -2.03. The summed E-state index contributed by atoms with van der Waals surface area (Å²) in [5, 5.41) is 0. The molecule has 0 unspecified atom stereocenters. The number of fused-ring (bicyclic) bond motifs is 3. The van der Waals surface area contributed by atoms with E-state index >= 15 is 0 Å². The molecule has 0 radical (unpaired) electrons. The van der Waals surface area contributed by atoms with E-state index in [2.05, 4.69) is 56.3 Å². The summed E-state index contributed by atoms with van der Waals surface area (Å²) in [6.45, 7) is 0. The van der Waals surface area contributed by atoms with Crippen molar-refractivity contribution >= 4 is 33.1 Å². The molecule has 0 fully saturated rings. The van der Waals surface area contributed by atoms with Crippen molar-refractivity contribution in [1.82, 2.24) is 29.9 Å². The number of benzene rings is 4. The molecule has 0 amide bonds. The van der Waals surface area contributed by atoms with E-state index in [0.717, 1.165) is 72.8 Å². The first kappa shape index (κ1) is 19.5. The average molecular weight is 457 g/mol. The summed E-state index contributed by atoms with van der Waals surface area (Å²) in [5.74, 6) is 2.49. The fourth-order valence-electron chi connectivity index (χ4n) is 4.49. The van der Waals surface area contributed by atoms with Crippen molar-refractivity contribution in [2.75, 3.05) is 7.11 Å². The molecule has 3 aromatic heterocycles. The number of imidazole rings is 3. The Labute approximate surface area is 199 Å². The van der Waals surface area contributed by atoms with Crippen LogP contribution >= 0.6 is 0 Å². The van der Waals surface area contributed by atoms with Crippen molar-refractivity contribution in [2.24, 2.45) is 0 Å². The van der Waals surface area contributed by atoms with Gasteiger partial charge in [-0.1, -0.05) is 18.2 Å². The van der Waals surface area contributed by atoms with Gasteiger partial charge in [0.2, 0.25) is 0 Å². The molecule has 0 bridgehead atoms. The summed E-state index contributed by atoms with van der Waals surface area (Å²) in [6, 6.07) is 26.6. The Bertz CT molecular complexity index is 1840. The van der Waals surface area contributed by atoms with Gasteiger partial charge < -0.3 is 19.7 Å². The zero-order valence-corrected chi connectivity index (χ0v) is 18.8. The molecule has 7 aromatic rings. The molecule has 7 rings (SSSR count). The van der Waals surface area contributed by atoms with Crippen molar-refractivity contribution < 1.29 is 4.74 Å². The van der Waals surface area contributed by atoms with Crippen LogP contribution in [0, 0.1) is 0 Å². The molecule has 0 atom stereocenters. The van der Waals surface area contributed by atoms with Crippen LogP contribution in [0.3, 0.4) is 0 Å². The third kappa shape index (κ3) is 3.33. The van der Waals surface area contributed by atoms with Gasteiger partial charge in [-0.2, -0.15) is 0 Å². The highest BCUT2D eigenvalue weighted by Gasteiger charge is 2.11. The number of aromatic nitrogens is 6. The lowest BCUT2D eigenvalue weighted by molar-refractivity contribution is 0.415. The number of rotatable bonds is 4. The highest BCUT2D eigenvalue weighted by molar-refractivity contribution is 5.88. The van der Waals surface area contributed by atoms with Crippen molar-refractivity contribution in [1.29, 1.82) is 0 Å². The lowest BCUT2D eigenvalue weighted by atomic mass is 10.1. The molecule has 0 spiro atoms. The van der Waals surface area contributed by atoms with Crippen LogP contribution in [0.25, 0.3) is 67.0 Å². The molecule has 0 saturated heterocycles. The number of aromatic amines is 3. The first-order valence-corrected chi connectivity index (χ1v) is 11.3. The molecule has 0 saturated carbocycles. The number of H-pyrrole nitrogens is 3. The predicted octanol–water partition coefficient (Wildman–Crippen LogP) is 6.33. The third-order valence-corrected chi connectivity index (χ3v) is 6.35. The van der Waals surface area contributed by atoms with Crippen LogP contribution in [-0.2, 0) is 0 Å². The Morgan fingerprint density at radius 1 is 0.571 bits per heavy atom. The number of methoxy groups -OCH3 is 1. The first-order chi connectivity index (χ1) is 17.2. The number of nitrogens with one attached hydrogen (secondary N) is 3. The quantitative estimate of drug-likeness (QED) is 0.289. The van der Waals surface area contributed by atoms with Gasteiger partial charge in [0.25, 0.3) is 0 Å². The summed E-state index contributed by atoms with van der Waals surface area (Å²) >= 11 is 0. The number of nitrogens with zero attached hydrogens (tertiary/aromatic N) is 3. The van der Waals surface area contributed by atoms with Crippen molar-refractivity contribution in [3.63, 3.8) is 0 Å². The van der Waals surface area contributed by atoms with Gasteiger partial charge in [0.15, 0.2) is 0 Å². The number of hydrogen-bond donors (Lipinski definition) is 3. The largest absolute Gasteiger partial charge is 0.497 e. The Hall–Kier alpha value is -4.91. The second-order valence-corrected chi connectivity index (χ2v) is 8.50. The monoisotopic (exact) mass is 456 g/mol. The summed E-state index contributed by atoms with van der Waals surface area (Å²) in [7, 11) is 1.68. The summed E-state index contributed by atoms with van der Waals surface area (Å²) in [4.78, 5) is 24.0. The van der Waals surface area contributed by atoms with Gasteiger partial charge in [-0.15, -0.1) is 0 Å². The smallest absolute Gasteiger partial charge is 0.138 e. The van der Waals surface area contributed by atoms with E-state index in [-0.39, 0.29) is 0 Å². The zero-order chi connectivity index (χ0) is 23.4. The minimum atomic E-state index is 0.822. The average Bonchev–Trinajstić information content (AvgIpc) is 3.65. The fourth-order valence-corrected chi connectivity index (χ4v) is 4.49. The molecule has 0 aliphatic carbocycles. The molecule has 0 aliphatic rings. The van der Waals surface area contributed by atoms with E-state index < -0.39 is 0 Å². The Morgan fingerprint density at radius 3 is 1.77 bits per heavy atom. The second-order valence-electron chi connectivity index (χ2n) is 8.50. The van der Waals surface area contributed by atoms with Gasteiger partial charge in [-0.3, -0.25) is 0 Å². The van der Waals surface area contributed by atoms with Crippen LogP contribution < -0.4 is 4.74 Å². The van der Waals surface area contributed by atoms with Gasteiger partial charge in [0, 0.05) is 11.1 Å². The van der Waals surface area contributed by atoms with Gasteiger partial charge >= 0.3 is 0 Å². The van der Waals surface area contributed by atoms with Crippen LogP contribution in [-0.4, -0.2) is 37.0 Å². The van der Waals surface area contributed by atoms with Crippen molar-refractivity contribution in [2.45, 2.75) is 0 Å². The zero-order valence-electron chi connectivity index (χ0n) is 18.8. The Morgan fingerprint density at radius 2 is 1.11 bits per heavy atom. The van der Waals surface area contributed by atoms with Crippen LogP contribution in [0.5, 0.6) is 5.75 Å². The maximum atomic E-state index is 5.27. The van der Waals surface area contributed by atoms with E-state index in [9.17, 15) is 0 Å². The normalized spacial score (nSPS) is 11.6. The third-order valence-electron chi connectivity index (χ3n) is 6.35. The van der Waals surface area contributed by atoms with Gasteiger partial charge in [-0.05, 0) is 71.8 Å². The highest BCUT2D eigenvalue weighted by Crippen LogP contribution is 2.29. The van der Waals surface area contributed by atoms with Crippen LogP contribution in [0.4, 0.5) is 0 Å². The van der Waals surface area contributed by atoms with E-state index in [0.29, 0.717) is 0 Å². The Kier molecular flexibility index (Phi) is 4.22. The van der Waals surface area contributed by atoms with Crippen molar-refractivity contribution in [3.05, 3.63) is 85.2 Å². The van der Waals surface area contributed by atoms with E-state index in [1.54, 1.807) is 13.4 Å².